The SMILES string of the molecule is Cc1ccccc1CC(N)c1ccc(Br)cc1Cl. The first kappa shape index (κ1) is 13.6. The molecule has 1 unspecified atom stereocenters. The molecule has 18 heavy (non-hydrogen) atoms. The topological polar surface area (TPSA) is 26.0 Å². The van der Waals surface area contributed by atoms with Crippen LogP contribution in [0.5, 0.6) is 0 Å². The average Bonchev–Trinajstić information content (AvgIpc) is 2.32. The van der Waals surface area contributed by atoms with Crippen LogP contribution in [0.15, 0.2) is 46.9 Å². The van der Waals surface area contributed by atoms with Gasteiger partial charge in [-0.05, 0) is 42.2 Å². The molecule has 2 aromatic carbocycles. The third-order valence-electron chi connectivity index (χ3n) is 3.06. The number of aryl methyl sites for hydroxylation is 1. The summed E-state index contributed by atoms with van der Waals surface area (Å²) in [5, 5.41) is 0.713. The molecule has 0 fully saturated rings. The smallest absolute Gasteiger partial charge is 0.0465 e. The van der Waals surface area contributed by atoms with Crippen LogP contribution in [0.25, 0.3) is 0 Å². The zero-order valence-electron chi connectivity index (χ0n) is 10.2. The van der Waals surface area contributed by atoms with E-state index in [1.165, 1.54) is 11.1 Å². The summed E-state index contributed by atoms with van der Waals surface area (Å²) in [6, 6.07) is 14.1. The summed E-state index contributed by atoms with van der Waals surface area (Å²) in [7, 11) is 0. The van der Waals surface area contributed by atoms with Gasteiger partial charge in [-0.3, -0.25) is 0 Å². The fourth-order valence-electron chi connectivity index (χ4n) is 1.99. The van der Waals surface area contributed by atoms with Crippen molar-refractivity contribution < 1.29 is 0 Å². The van der Waals surface area contributed by atoms with E-state index in [9.17, 15) is 0 Å². The Morgan fingerprint density at radius 2 is 1.94 bits per heavy atom. The summed E-state index contributed by atoms with van der Waals surface area (Å²) in [6.07, 6.45) is 0.800. The molecule has 0 aliphatic carbocycles. The Hall–Kier alpha value is -0.830. The molecular formula is C15H15BrClN. The largest absolute Gasteiger partial charge is 0.324 e. The number of nitrogens with two attached hydrogens (primary N) is 1. The molecule has 0 bridgehead atoms. The third kappa shape index (κ3) is 3.14. The van der Waals surface area contributed by atoms with Gasteiger partial charge in [0.05, 0.1) is 0 Å². The zero-order chi connectivity index (χ0) is 13.1. The highest BCUT2D eigenvalue weighted by Crippen LogP contribution is 2.27. The van der Waals surface area contributed by atoms with Crippen LogP contribution in [-0.2, 0) is 6.42 Å². The summed E-state index contributed by atoms with van der Waals surface area (Å²) < 4.78 is 0.972. The number of halogens is 2. The van der Waals surface area contributed by atoms with Gasteiger partial charge >= 0.3 is 0 Å². The van der Waals surface area contributed by atoms with E-state index in [1.54, 1.807) is 0 Å². The predicted octanol–water partition coefficient (Wildman–Crippen LogP) is 4.65. The van der Waals surface area contributed by atoms with Gasteiger partial charge in [-0.2, -0.15) is 0 Å². The van der Waals surface area contributed by atoms with Crippen LogP contribution in [0, 0.1) is 6.92 Å². The Kier molecular flexibility index (Phi) is 4.44. The highest BCUT2D eigenvalue weighted by Gasteiger charge is 2.12. The number of benzene rings is 2. The van der Waals surface area contributed by atoms with E-state index in [4.69, 9.17) is 17.3 Å². The van der Waals surface area contributed by atoms with E-state index < -0.39 is 0 Å². The van der Waals surface area contributed by atoms with Crippen LogP contribution in [-0.4, -0.2) is 0 Å². The second-order valence-electron chi connectivity index (χ2n) is 4.40. The normalized spacial score (nSPS) is 12.4. The molecule has 94 valence electrons. The van der Waals surface area contributed by atoms with Crippen LogP contribution in [0.2, 0.25) is 5.02 Å². The summed E-state index contributed by atoms with van der Waals surface area (Å²) >= 11 is 9.62. The summed E-state index contributed by atoms with van der Waals surface area (Å²) in [6.45, 7) is 2.10. The molecule has 1 nitrogen and oxygen atoms in total. The minimum Gasteiger partial charge on any atom is -0.324 e. The zero-order valence-corrected chi connectivity index (χ0v) is 12.5. The fraction of sp³-hybridized carbons (Fsp3) is 0.200. The van der Waals surface area contributed by atoms with Crippen molar-refractivity contribution in [2.75, 3.05) is 0 Å². The first-order valence-corrected chi connectivity index (χ1v) is 7.00. The molecule has 0 spiro atoms. The lowest BCUT2D eigenvalue weighted by atomic mass is 9.97. The van der Waals surface area contributed by atoms with Crippen molar-refractivity contribution in [3.8, 4) is 0 Å². The summed E-state index contributed by atoms with van der Waals surface area (Å²) in [5.74, 6) is 0. The van der Waals surface area contributed by atoms with Crippen molar-refractivity contribution in [2.45, 2.75) is 19.4 Å². The van der Waals surface area contributed by atoms with Gasteiger partial charge in [-0.25, -0.2) is 0 Å². The predicted molar refractivity (Wildman–Crippen MR) is 81.0 cm³/mol. The Balaban J connectivity index is 2.22. The quantitative estimate of drug-likeness (QED) is 0.873. The highest BCUT2D eigenvalue weighted by atomic mass is 79.9. The lowest BCUT2D eigenvalue weighted by molar-refractivity contribution is 0.719. The van der Waals surface area contributed by atoms with Gasteiger partial charge in [0.15, 0.2) is 0 Å². The van der Waals surface area contributed by atoms with Gasteiger partial charge in [0.1, 0.15) is 0 Å². The molecule has 0 saturated carbocycles. The van der Waals surface area contributed by atoms with E-state index in [1.807, 2.05) is 30.3 Å². The first-order chi connectivity index (χ1) is 8.58. The monoisotopic (exact) mass is 323 g/mol. The van der Waals surface area contributed by atoms with Gasteiger partial charge in [0, 0.05) is 15.5 Å². The summed E-state index contributed by atoms with van der Waals surface area (Å²) in [5.41, 5.74) is 9.77. The number of hydrogen-bond acceptors (Lipinski definition) is 1. The lowest BCUT2D eigenvalue weighted by Crippen LogP contribution is -2.14. The first-order valence-electron chi connectivity index (χ1n) is 5.83. The molecule has 2 rings (SSSR count). The maximum atomic E-state index is 6.25. The molecule has 0 aromatic heterocycles. The van der Waals surface area contributed by atoms with Crippen molar-refractivity contribution in [1.29, 1.82) is 0 Å². The van der Waals surface area contributed by atoms with E-state index in [0.717, 1.165) is 16.5 Å². The molecule has 2 aromatic rings. The molecule has 0 amide bonds. The molecule has 1 atom stereocenters. The number of rotatable bonds is 3. The minimum atomic E-state index is -0.0771. The second-order valence-corrected chi connectivity index (χ2v) is 5.73. The van der Waals surface area contributed by atoms with Crippen LogP contribution in [0.1, 0.15) is 22.7 Å². The molecule has 0 aliphatic rings. The third-order valence-corrected chi connectivity index (χ3v) is 3.88. The Labute approximate surface area is 121 Å². The van der Waals surface area contributed by atoms with Gasteiger partial charge in [0.2, 0.25) is 0 Å². The Bertz CT molecular complexity index is 554. The van der Waals surface area contributed by atoms with Gasteiger partial charge in [-0.1, -0.05) is 57.9 Å². The summed E-state index contributed by atoms with van der Waals surface area (Å²) in [4.78, 5) is 0. The van der Waals surface area contributed by atoms with E-state index in [-0.39, 0.29) is 6.04 Å². The van der Waals surface area contributed by atoms with Crippen LogP contribution < -0.4 is 5.73 Å². The van der Waals surface area contributed by atoms with Crippen molar-refractivity contribution in [1.82, 2.24) is 0 Å². The van der Waals surface area contributed by atoms with Crippen LogP contribution >= 0.6 is 27.5 Å². The standard InChI is InChI=1S/C15H15BrClN/c1-10-4-2-3-5-11(10)8-15(18)13-7-6-12(16)9-14(13)17/h2-7,9,15H,8,18H2,1H3. The van der Waals surface area contributed by atoms with Crippen molar-refractivity contribution >= 4 is 27.5 Å². The molecule has 0 aliphatic heterocycles. The highest BCUT2D eigenvalue weighted by molar-refractivity contribution is 9.10. The van der Waals surface area contributed by atoms with Crippen molar-refractivity contribution in [2.24, 2.45) is 5.73 Å². The minimum absolute atomic E-state index is 0.0771. The van der Waals surface area contributed by atoms with Crippen molar-refractivity contribution in [3.63, 3.8) is 0 Å². The van der Waals surface area contributed by atoms with Gasteiger partial charge < -0.3 is 5.73 Å². The Morgan fingerprint density at radius 3 is 2.61 bits per heavy atom. The molecular weight excluding hydrogens is 310 g/mol. The average molecular weight is 325 g/mol. The lowest BCUT2D eigenvalue weighted by Gasteiger charge is -2.15. The fourth-order valence-corrected chi connectivity index (χ4v) is 2.80. The van der Waals surface area contributed by atoms with E-state index in [2.05, 4.69) is 35.0 Å². The van der Waals surface area contributed by atoms with Crippen LogP contribution in [0.3, 0.4) is 0 Å². The second kappa shape index (κ2) is 5.87. The maximum absolute atomic E-state index is 6.25. The van der Waals surface area contributed by atoms with Gasteiger partial charge in [-0.15, -0.1) is 0 Å². The molecule has 0 saturated heterocycles. The molecule has 0 radical (unpaired) electrons. The van der Waals surface area contributed by atoms with Crippen LogP contribution in [0.4, 0.5) is 0 Å². The Morgan fingerprint density at radius 1 is 1.22 bits per heavy atom. The molecule has 0 heterocycles. The van der Waals surface area contributed by atoms with E-state index in [0.29, 0.717) is 5.02 Å². The maximum Gasteiger partial charge on any atom is 0.0465 e. The number of hydrogen-bond donors (Lipinski definition) is 1. The van der Waals surface area contributed by atoms with Crippen molar-refractivity contribution in [3.05, 3.63) is 68.7 Å². The van der Waals surface area contributed by atoms with Gasteiger partial charge in [0.25, 0.3) is 0 Å². The van der Waals surface area contributed by atoms with E-state index >= 15 is 0 Å². The molecule has 2 N–H and O–H groups in total. The molecule has 3 heteroatoms.